The quantitative estimate of drug-likeness (QED) is 0.572. The molecule has 1 fully saturated rings. The minimum atomic E-state index is 0.0513. The summed E-state index contributed by atoms with van der Waals surface area (Å²) in [5.41, 5.74) is 5.90. The number of hydrogen-bond acceptors (Lipinski definition) is 4. The van der Waals surface area contributed by atoms with Crippen molar-refractivity contribution in [1.82, 2.24) is 5.32 Å². The van der Waals surface area contributed by atoms with Crippen molar-refractivity contribution in [3.63, 3.8) is 0 Å². The summed E-state index contributed by atoms with van der Waals surface area (Å²) in [5, 5.41) is 12.6. The zero-order chi connectivity index (χ0) is 12.0. The molecule has 0 aromatic carbocycles. The second kappa shape index (κ2) is 6.55. The van der Waals surface area contributed by atoms with Gasteiger partial charge in [0.25, 0.3) is 0 Å². The van der Waals surface area contributed by atoms with Gasteiger partial charge in [0.15, 0.2) is 0 Å². The van der Waals surface area contributed by atoms with E-state index in [0.29, 0.717) is 18.7 Å². The van der Waals surface area contributed by atoms with Gasteiger partial charge in [0, 0.05) is 31.3 Å². The molecule has 0 heterocycles. The predicted octanol–water partition coefficient (Wildman–Crippen LogP) is 0.633. The third-order valence-electron chi connectivity index (χ3n) is 3.51. The van der Waals surface area contributed by atoms with Crippen LogP contribution in [0.3, 0.4) is 0 Å². The van der Waals surface area contributed by atoms with Crippen molar-refractivity contribution in [3.8, 4) is 0 Å². The highest BCUT2D eigenvalue weighted by Gasteiger charge is 2.44. The lowest BCUT2D eigenvalue weighted by atomic mass is 9.73. The van der Waals surface area contributed by atoms with Gasteiger partial charge in [-0.25, -0.2) is 0 Å². The van der Waals surface area contributed by atoms with Gasteiger partial charge < -0.3 is 20.9 Å². The SMILES string of the molecule is CCOC1CC(CN)(NC(CC)CCO)C1. The summed E-state index contributed by atoms with van der Waals surface area (Å²) in [6.07, 6.45) is 4.20. The lowest BCUT2D eigenvalue weighted by molar-refractivity contribution is -0.0521. The van der Waals surface area contributed by atoms with Gasteiger partial charge in [0.05, 0.1) is 6.10 Å². The molecule has 0 aliphatic heterocycles. The maximum atomic E-state index is 8.97. The molecule has 0 radical (unpaired) electrons. The molecular weight excluding hydrogens is 204 g/mol. The molecule has 96 valence electrons. The second-order valence-corrected chi connectivity index (χ2v) is 4.73. The number of ether oxygens (including phenoxy) is 1. The van der Waals surface area contributed by atoms with Crippen LogP contribution in [0.4, 0.5) is 0 Å². The lowest BCUT2D eigenvalue weighted by Gasteiger charge is -2.49. The molecule has 1 aliphatic carbocycles. The van der Waals surface area contributed by atoms with Crippen LogP contribution in [0.5, 0.6) is 0 Å². The molecule has 0 spiro atoms. The number of nitrogens with two attached hydrogens (primary N) is 1. The number of nitrogens with one attached hydrogen (secondary N) is 1. The van der Waals surface area contributed by atoms with Crippen LogP contribution in [-0.4, -0.2) is 42.5 Å². The van der Waals surface area contributed by atoms with Crippen LogP contribution < -0.4 is 11.1 Å². The van der Waals surface area contributed by atoms with E-state index in [1.807, 2.05) is 6.92 Å². The van der Waals surface area contributed by atoms with E-state index in [-0.39, 0.29) is 12.1 Å². The summed E-state index contributed by atoms with van der Waals surface area (Å²) in [7, 11) is 0. The van der Waals surface area contributed by atoms with Gasteiger partial charge in [-0.05, 0) is 32.6 Å². The maximum absolute atomic E-state index is 8.97. The first-order valence-corrected chi connectivity index (χ1v) is 6.40. The summed E-state index contributed by atoms with van der Waals surface area (Å²) < 4.78 is 5.57. The monoisotopic (exact) mass is 230 g/mol. The average molecular weight is 230 g/mol. The Balaban J connectivity index is 2.37. The molecule has 1 aliphatic rings. The maximum Gasteiger partial charge on any atom is 0.0611 e. The van der Waals surface area contributed by atoms with E-state index >= 15 is 0 Å². The molecule has 4 nitrogen and oxygen atoms in total. The van der Waals surface area contributed by atoms with Crippen molar-refractivity contribution >= 4 is 0 Å². The highest BCUT2D eigenvalue weighted by Crippen LogP contribution is 2.34. The Morgan fingerprint density at radius 2 is 2.19 bits per heavy atom. The zero-order valence-electron chi connectivity index (χ0n) is 10.5. The number of aliphatic hydroxyl groups is 1. The van der Waals surface area contributed by atoms with Crippen LogP contribution in [0.2, 0.25) is 0 Å². The van der Waals surface area contributed by atoms with Gasteiger partial charge in [0.2, 0.25) is 0 Å². The molecule has 0 aromatic rings. The van der Waals surface area contributed by atoms with Crippen LogP contribution in [0.25, 0.3) is 0 Å². The van der Waals surface area contributed by atoms with Crippen LogP contribution in [-0.2, 0) is 4.74 Å². The first kappa shape index (κ1) is 13.9. The zero-order valence-corrected chi connectivity index (χ0v) is 10.5. The molecular formula is C12H26N2O2. The van der Waals surface area contributed by atoms with E-state index in [1.54, 1.807) is 0 Å². The Bertz CT molecular complexity index is 193. The van der Waals surface area contributed by atoms with E-state index in [0.717, 1.165) is 32.3 Å². The molecule has 4 heteroatoms. The first-order chi connectivity index (χ1) is 7.69. The normalized spacial score (nSPS) is 31.1. The standard InChI is InChI=1S/C12H26N2O2/c1-3-10(5-6-15)14-12(9-13)7-11(8-12)16-4-2/h10-11,14-15H,3-9,13H2,1-2H3. The largest absolute Gasteiger partial charge is 0.396 e. The fourth-order valence-corrected chi connectivity index (χ4v) is 2.48. The van der Waals surface area contributed by atoms with Gasteiger partial charge in [0.1, 0.15) is 0 Å². The van der Waals surface area contributed by atoms with Gasteiger partial charge >= 0.3 is 0 Å². The van der Waals surface area contributed by atoms with E-state index in [2.05, 4.69) is 12.2 Å². The molecule has 16 heavy (non-hydrogen) atoms. The van der Waals surface area contributed by atoms with Crippen molar-refractivity contribution in [1.29, 1.82) is 0 Å². The molecule has 0 bridgehead atoms. The van der Waals surface area contributed by atoms with Gasteiger partial charge in [-0.15, -0.1) is 0 Å². The third kappa shape index (κ3) is 3.42. The van der Waals surface area contributed by atoms with E-state index in [9.17, 15) is 0 Å². The fourth-order valence-electron chi connectivity index (χ4n) is 2.48. The fraction of sp³-hybridized carbons (Fsp3) is 1.00. The molecule has 1 saturated carbocycles. The van der Waals surface area contributed by atoms with Crippen LogP contribution in [0.1, 0.15) is 39.5 Å². The van der Waals surface area contributed by atoms with Crippen LogP contribution in [0.15, 0.2) is 0 Å². The highest BCUT2D eigenvalue weighted by molar-refractivity contribution is 5.04. The van der Waals surface area contributed by atoms with Crippen molar-refractivity contribution < 1.29 is 9.84 Å². The molecule has 0 saturated heterocycles. The number of rotatable bonds is 8. The topological polar surface area (TPSA) is 67.5 Å². The Morgan fingerprint density at radius 3 is 2.62 bits per heavy atom. The minimum absolute atomic E-state index is 0.0513. The average Bonchev–Trinajstić information content (AvgIpc) is 2.25. The smallest absolute Gasteiger partial charge is 0.0611 e. The summed E-state index contributed by atoms with van der Waals surface area (Å²) in [6.45, 7) is 5.82. The summed E-state index contributed by atoms with van der Waals surface area (Å²) in [4.78, 5) is 0. The summed E-state index contributed by atoms with van der Waals surface area (Å²) in [5.74, 6) is 0. The van der Waals surface area contributed by atoms with Gasteiger partial charge in [-0.1, -0.05) is 6.92 Å². The third-order valence-corrected chi connectivity index (χ3v) is 3.51. The van der Waals surface area contributed by atoms with Crippen molar-refractivity contribution in [2.24, 2.45) is 5.73 Å². The number of aliphatic hydroxyl groups excluding tert-OH is 1. The van der Waals surface area contributed by atoms with Crippen molar-refractivity contribution in [2.75, 3.05) is 19.8 Å². The minimum Gasteiger partial charge on any atom is -0.396 e. The van der Waals surface area contributed by atoms with Crippen molar-refractivity contribution in [3.05, 3.63) is 0 Å². The molecule has 1 atom stereocenters. The van der Waals surface area contributed by atoms with Crippen molar-refractivity contribution in [2.45, 2.75) is 57.2 Å². The predicted molar refractivity (Wildman–Crippen MR) is 65.4 cm³/mol. The lowest BCUT2D eigenvalue weighted by Crippen LogP contribution is -2.64. The molecule has 0 aromatic heterocycles. The van der Waals surface area contributed by atoms with Crippen LogP contribution in [0, 0.1) is 0 Å². The van der Waals surface area contributed by atoms with E-state index in [4.69, 9.17) is 15.6 Å². The first-order valence-electron chi connectivity index (χ1n) is 6.40. The van der Waals surface area contributed by atoms with E-state index in [1.165, 1.54) is 0 Å². The van der Waals surface area contributed by atoms with Gasteiger partial charge in [-0.3, -0.25) is 0 Å². The van der Waals surface area contributed by atoms with Crippen LogP contribution >= 0.6 is 0 Å². The Labute approximate surface area is 98.5 Å². The van der Waals surface area contributed by atoms with E-state index < -0.39 is 0 Å². The second-order valence-electron chi connectivity index (χ2n) is 4.73. The number of hydrogen-bond donors (Lipinski definition) is 3. The highest BCUT2D eigenvalue weighted by atomic mass is 16.5. The summed E-state index contributed by atoms with van der Waals surface area (Å²) in [6, 6.07) is 0.371. The Morgan fingerprint density at radius 1 is 1.50 bits per heavy atom. The Hall–Kier alpha value is -0.160. The molecule has 0 amide bonds. The van der Waals surface area contributed by atoms with Gasteiger partial charge in [-0.2, -0.15) is 0 Å². The molecule has 1 unspecified atom stereocenters. The Kier molecular flexibility index (Phi) is 5.69. The molecule has 1 rings (SSSR count). The summed E-state index contributed by atoms with van der Waals surface area (Å²) >= 11 is 0. The molecule has 4 N–H and O–H groups in total.